The van der Waals surface area contributed by atoms with E-state index in [2.05, 4.69) is 34.2 Å². The number of nitrogens with one attached hydrogen (secondary N) is 1. The third kappa shape index (κ3) is 2.08. The van der Waals surface area contributed by atoms with Gasteiger partial charge in [0.05, 0.1) is 0 Å². The van der Waals surface area contributed by atoms with Crippen molar-refractivity contribution in [3.8, 4) is 0 Å². The third-order valence-electron chi connectivity index (χ3n) is 1.26. The predicted molar refractivity (Wildman–Crippen MR) is 44.3 cm³/mol. The Kier molecular flexibility index (Phi) is 2.80. The number of nitrogens with zero attached hydrogens (tertiary/aromatic N) is 1. The van der Waals surface area contributed by atoms with Crippen LogP contribution in [0.1, 0.15) is 0 Å². The van der Waals surface area contributed by atoms with Crippen LogP contribution < -0.4 is 3.83 Å². The van der Waals surface area contributed by atoms with Gasteiger partial charge < -0.3 is 0 Å². The van der Waals surface area contributed by atoms with E-state index in [1.165, 1.54) is 1.78 Å². The molecule has 2 rings (SSSR count). The maximum absolute atomic E-state index is 4.17. The van der Waals surface area contributed by atoms with Crippen LogP contribution in [0.25, 0.3) is 0 Å². The molecule has 69 valence electrons. The number of hydrogen-bond acceptors (Lipinski definition) is 1. The van der Waals surface area contributed by atoms with Crippen LogP contribution in [0.2, 0.25) is 0 Å². The van der Waals surface area contributed by atoms with Crippen molar-refractivity contribution >= 4 is 3.83 Å². The van der Waals surface area contributed by atoms with Crippen LogP contribution in [0.3, 0.4) is 0 Å². The summed E-state index contributed by atoms with van der Waals surface area (Å²) in [7, 11) is 0. The number of benzene rings is 1. The summed E-state index contributed by atoms with van der Waals surface area (Å²) in [6, 6.07) is 10.4. The van der Waals surface area contributed by atoms with Crippen molar-refractivity contribution in [2.24, 2.45) is 0 Å². The Hall–Kier alpha value is -0.336. The first-order chi connectivity index (χ1) is 5.95. The summed E-state index contributed by atoms with van der Waals surface area (Å²) < 4.78 is 2.38. The second-order valence-corrected chi connectivity index (χ2v) is 4.27. The normalized spacial score (nSPS) is 10.3. The summed E-state index contributed by atoms with van der Waals surface area (Å²) in [5.74, 6) is 0. The quantitative estimate of drug-likeness (QED) is 0.855. The van der Waals surface area contributed by atoms with Crippen LogP contribution in [-0.4, -0.2) is 9.97 Å². The average molecular weight is 319 g/mol. The molecule has 0 amide bonds. The van der Waals surface area contributed by atoms with Gasteiger partial charge in [-0.25, -0.2) is 0 Å². The first kappa shape index (κ1) is 8.27. The Morgan fingerprint density at radius 3 is 2.67 bits per heavy atom. The molecular weight excluding hydrogens is 311 g/mol. The molecule has 0 aliphatic carbocycles. The minimum absolute atomic E-state index is 0.510. The molecule has 1 heterocycles. The van der Waals surface area contributed by atoms with Crippen molar-refractivity contribution in [1.29, 1.82) is 0 Å². The molecule has 0 fully saturated rings. The summed E-state index contributed by atoms with van der Waals surface area (Å²) in [6.07, 6.45) is 3.64. The number of H-pyrrole nitrogens is 1. The number of aromatic amines is 1. The summed E-state index contributed by atoms with van der Waals surface area (Å²) in [6.45, 7) is 0. The van der Waals surface area contributed by atoms with Crippen LogP contribution in [0, 0.1) is 33.0 Å². The summed E-state index contributed by atoms with van der Waals surface area (Å²) in [4.78, 5) is 7.27. The summed E-state index contributed by atoms with van der Waals surface area (Å²) in [5, 5.41) is 0. The standard InChI is InChI=1S/C6H5.C3H3N2.Lu/c1-2-4-6-5-3-1;1-2-5-3-4-1;/h1-5H;1-2H,(H,4,5);. The van der Waals surface area contributed by atoms with Gasteiger partial charge >= 0.3 is 89.6 Å². The molecule has 0 aliphatic rings. The Labute approximate surface area is 88.8 Å². The first-order valence-corrected chi connectivity index (χ1v) is 5.18. The molecule has 2 aromatic rings. The van der Waals surface area contributed by atoms with Gasteiger partial charge in [0.1, 0.15) is 0 Å². The van der Waals surface area contributed by atoms with Gasteiger partial charge in [0.15, 0.2) is 0 Å². The maximum atomic E-state index is 4.17. The zero-order valence-corrected chi connectivity index (χ0v) is 7.90. The molecule has 0 saturated carbocycles. The van der Waals surface area contributed by atoms with E-state index in [0.717, 1.165) is 2.04 Å². The monoisotopic (exact) mass is 319 g/mol. The van der Waals surface area contributed by atoms with E-state index >= 15 is 0 Å². The molecule has 1 aromatic heterocycles. The molecule has 0 aliphatic heterocycles. The number of aromatic nitrogens is 2. The molecule has 3 heteroatoms. The van der Waals surface area contributed by atoms with Crippen LogP contribution in [0.4, 0.5) is 0 Å². The van der Waals surface area contributed by atoms with Crippen LogP contribution in [-0.2, 0) is 0 Å². The van der Waals surface area contributed by atoms with E-state index < -0.39 is 0 Å². The van der Waals surface area contributed by atoms with Crippen LogP contribution in [0.15, 0.2) is 42.7 Å². The zero-order valence-electron chi connectivity index (χ0n) is 6.25. The van der Waals surface area contributed by atoms with Crippen molar-refractivity contribution in [3.05, 3.63) is 42.7 Å². The average Bonchev–Trinajstić information content (AvgIpc) is 2.59. The van der Waals surface area contributed by atoms with E-state index in [1.807, 2.05) is 12.3 Å². The molecule has 0 spiro atoms. The van der Waals surface area contributed by atoms with E-state index in [-0.39, 0.29) is 0 Å². The zero-order chi connectivity index (χ0) is 8.23. The molecule has 0 bridgehead atoms. The molecule has 0 saturated heterocycles. The van der Waals surface area contributed by atoms with Crippen molar-refractivity contribution in [1.82, 2.24) is 9.97 Å². The molecule has 1 aromatic carbocycles. The Morgan fingerprint density at radius 2 is 2.00 bits per heavy atom. The predicted octanol–water partition coefficient (Wildman–Crippen LogP) is 0.445. The van der Waals surface area contributed by atoms with Gasteiger partial charge in [0.2, 0.25) is 0 Å². The molecule has 12 heavy (non-hydrogen) atoms. The molecular formula is C9H8LuN2. The minimum atomic E-state index is 0.510. The number of imidazole rings is 1. The molecule has 0 atom stereocenters. The number of rotatable bonds is 2. The molecule has 0 radical (unpaired) electrons. The second kappa shape index (κ2) is 4.06. The van der Waals surface area contributed by atoms with Gasteiger partial charge in [0, 0.05) is 0 Å². The molecule has 2 nitrogen and oxygen atoms in total. The topological polar surface area (TPSA) is 28.7 Å². The van der Waals surface area contributed by atoms with Gasteiger partial charge in [-0.15, -0.1) is 0 Å². The van der Waals surface area contributed by atoms with Crippen LogP contribution >= 0.6 is 0 Å². The Morgan fingerprint density at radius 1 is 1.17 bits per heavy atom. The van der Waals surface area contributed by atoms with Gasteiger partial charge in [0.25, 0.3) is 0 Å². The fourth-order valence-corrected chi connectivity index (χ4v) is 2.30. The molecule has 0 unspecified atom stereocenters. The Balaban J connectivity index is 2.15. The van der Waals surface area contributed by atoms with E-state index in [1.54, 1.807) is 6.20 Å². The fraction of sp³-hybridized carbons (Fsp3) is 0. The van der Waals surface area contributed by atoms with Crippen molar-refractivity contribution in [2.45, 2.75) is 0 Å². The van der Waals surface area contributed by atoms with E-state index in [4.69, 9.17) is 0 Å². The van der Waals surface area contributed by atoms with Gasteiger partial charge in [-0.05, 0) is 0 Å². The van der Waals surface area contributed by atoms with E-state index in [9.17, 15) is 0 Å². The van der Waals surface area contributed by atoms with E-state index in [0.29, 0.717) is 33.0 Å². The van der Waals surface area contributed by atoms with Crippen molar-refractivity contribution < 1.29 is 33.0 Å². The van der Waals surface area contributed by atoms with Crippen LogP contribution in [0.5, 0.6) is 0 Å². The van der Waals surface area contributed by atoms with Gasteiger partial charge in [-0.1, -0.05) is 0 Å². The SMILES string of the molecule is c1cc[c]([Lu][c]2ncc[nH]2)cc1. The Bertz CT molecular complexity index is 329. The van der Waals surface area contributed by atoms with Crippen molar-refractivity contribution in [2.75, 3.05) is 0 Å². The third-order valence-corrected chi connectivity index (χ3v) is 3.14. The first-order valence-electron chi connectivity index (χ1n) is 3.52. The second-order valence-electron chi connectivity index (χ2n) is 2.11. The van der Waals surface area contributed by atoms with Gasteiger partial charge in [-0.2, -0.15) is 0 Å². The summed E-state index contributed by atoms with van der Waals surface area (Å²) in [5.41, 5.74) is 0. The van der Waals surface area contributed by atoms with Crippen molar-refractivity contribution in [3.63, 3.8) is 0 Å². The molecule has 1 N–H and O–H groups in total. The fourth-order valence-electron chi connectivity index (χ4n) is 0.768. The number of hydrogen-bond donors (Lipinski definition) is 1. The van der Waals surface area contributed by atoms with Gasteiger partial charge in [-0.3, -0.25) is 0 Å². The summed E-state index contributed by atoms with van der Waals surface area (Å²) >= 11 is 0.510.